The molecule has 0 unspecified atom stereocenters. The first-order valence-electron chi connectivity index (χ1n) is 10.4. The number of rotatable bonds is 2. The number of carbonyl (C=O) groups excluding carboxylic acids is 2. The molecule has 3 heteroatoms. The van der Waals surface area contributed by atoms with Gasteiger partial charge >= 0.3 is 0 Å². The van der Waals surface area contributed by atoms with Gasteiger partial charge in [-0.2, -0.15) is 0 Å². The van der Waals surface area contributed by atoms with Crippen molar-refractivity contribution < 1.29 is 9.59 Å². The number of hydrogen-bond acceptors (Lipinski definition) is 3. The predicted molar refractivity (Wildman–Crippen MR) is 108 cm³/mol. The van der Waals surface area contributed by atoms with Gasteiger partial charge in [0.15, 0.2) is 10.9 Å². The van der Waals surface area contributed by atoms with E-state index in [1.165, 1.54) is 37.7 Å². The summed E-state index contributed by atoms with van der Waals surface area (Å²) in [5.41, 5.74) is 1.73. The lowest BCUT2D eigenvalue weighted by Gasteiger charge is -2.59. The Morgan fingerprint density at radius 2 is 2.00 bits per heavy atom. The van der Waals surface area contributed by atoms with Crippen molar-refractivity contribution in [3.8, 4) is 0 Å². The fourth-order valence-corrected chi connectivity index (χ4v) is 8.48. The molecule has 0 spiro atoms. The molecule has 0 amide bonds. The molecule has 0 radical (unpaired) electrons. The molecule has 3 saturated carbocycles. The lowest BCUT2D eigenvalue weighted by Crippen LogP contribution is -2.54. The molecule has 0 aromatic heterocycles. The molecule has 3 fully saturated rings. The van der Waals surface area contributed by atoms with Crippen molar-refractivity contribution in [1.29, 1.82) is 0 Å². The number of allylic oxidation sites excluding steroid dienone is 4. The molecule has 7 atom stereocenters. The highest BCUT2D eigenvalue weighted by Gasteiger charge is 2.60. The molecule has 0 saturated heterocycles. The van der Waals surface area contributed by atoms with Crippen LogP contribution in [0.25, 0.3) is 0 Å². The van der Waals surface area contributed by atoms with Crippen molar-refractivity contribution in [1.82, 2.24) is 0 Å². The van der Waals surface area contributed by atoms with E-state index < -0.39 is 0 Å². The highest BCUT2D eigenvalue weighted by Crippen LogP contribution is 2.67. The highest BCUT2D eigenvalue weighted by atomic mass is 32.2. The number of carbonyl (C=O) groups is 2. The average molecular weight is 373 g/mol. The molecule has 4 rings (SSSR count). The minimum Gasteiger partial charge on any atom is -0.290 e. The molecular formula is C23H32O2S. The van der Waals surface area contributed by atoms with E-state index in [4.69, 9.17) is 0 Å². The third kappa shape index (κ3) is 2.60. The largest absolute Gasteiger partial charge is 0.290 e. The van der Waals surface area contributed by atoms with Gasteiger partial charge in [0.1, 0.15) is 0 Å². The Morgan fingerprint density at radius 3 is 2.69 bits per heavy atom. The molecular weight excluding hydrogens is 340 g/mol. The van der Waals surface area contributed by atoms with Gasteiger partial charge in [-0.3, -0.25) is 9.59 Å². The van der Waals surface area contributed by atoms with Crippen molar-refractivity contribution in [2.24, 2.45) is 34.5 Å². The molecule has 4 aliphatic carbocycles. The van der Waals surface area contributed by atoms with Gasteiger partial charge in [-0.15, -0.1) is 0 Å². The Bertz CT molecular complexity index is 692. The molecule has 0 bridgehead atoms. The van der Waals surface area contributed by atoms with Gasteiger partial charge in [-0.05, 0) is 73.3 Å². The van der Waals surface area contributed by atoms with Crippen LogP contribution in [0.3, 0.4) is 0 Å². The molecule has 0 aromatic rings. The van der Waals surface area contributed by atoms with Gasteiger partial charge in [-0.1, -0.05) is 50.6 Å². The Kier molecular flexibility index (Phi) is 4.53. The van der Waals surface area contributed by atoms with Gasteiger partial charge in [0.2, 0.25) is 0 Å². The summed E-state index contributed by atoms with van der Waals surface area (Å²) >= 11 is 1.56. The smallest absolute Gasteiger partial charge is 0.186 e. The minimum absolute atomic E-state index is 0.0120. The van der Waals surface area contributed by atoms with E-state index in [0.717, 1.165) is 18.3 Å². The summed E-state index contributed by atoms with van der Waals surface area (Å²) in [6, 6.07) is 0. The van der Waals surface area contributed by atoms with E-state index in [0.29, 0.717) is 22.5 Å². The van der Waals surface area contributed by atoms with Crippen molar-refractivity contribution in [2.45, 2.75) is 71.5 Å². The van der Waals surface area contributed by atoms with E-state index in [1.54, 1.807) is 24.8 Å². The molecule has 2 nitrogen and oxygen atoms in total. The standard InChI is InChI=1S/C23H32O2S/c1-5-15-6-7-18-21-19(9-11-22(15,18)3)23(4)10-8-17(25)12-16(23)13-20(21)26-14(2)24/h8,10,12,15,18-21H,5-7,9,11,13H2,1-4H3/t15-,18+,19+,20-,21+,22-,23+/m1/s1. The van der Waals surface area contributed by atoms with E-state index >= 15 is 0 Å². The van der Waals surface area contributed by atoms with Crippen LogP contribution < -0.4 is 0 Å². The van der Waals surface area contributed by atoms with Crippen LogP contribution >= 0.6 is 11.8 Å². The minimum atomic E-state index is 0.0120. The van der Waals surface area contributed by atoms with Crippen molar-refractivity contribution in [3.05, 3.63) is 23.8 Å². The molecule has 26 heavy (non-hydrogen) atoms. The molecule has 0 aromatic carbocycles. The zero-order valence-electron chi connectivity index (χ0n) is 16.6. The summed E-state index contributed by atoms with van der Waals surface area (Å²) in [4.78, 5) is 24.1. The Labute approximate surface area is 162 Å². The van der Waals surface area contributed by atoms with E-state index in [9.17, 15) is 9.59 Å². The topological polar surface area (TPSA) is 34.1 Å². The van der Waals surface area contributed by atoms with Gasteiger partial charge in [0.25, 0.3) is 0 Å². The molecule has 0 N–H and O–H groups in total. The second-order valence-corrected chi connectivity index (χ2v) is 11.0. The Morgan fingerprint density at radius 1 is 1.23 bits per heavy atom. The summed E-state index contributed by atoms with van der Waals surface area (Å²) in [7, 11) is 0. The fraction of sp³-hybridized carbons (Fsp3) is 0.739. The zero-order valence-corrected chi connectivity index (χ0v) is 17.4. The SMILES string of the molecule is CC[C@@H]1CC[C@H]2[C@@H]3[C@H](SC(C)=O)CC4=CC(=O)C=C[C@]4(C)[C@H]3CC[C@]12C. The van der Waals surface area contributed by atoms with Crippen LogP contribution in [0.2, 0.25) is 0 Å². The molecule has 0 aliphatic heterocycles. The van der Waals surface area contributed by atoms with Gasteiger partial charge in [-0.25, -0.2) is 0 Å². The number of ketones is 1. The van der Waals surface area contributed by atoms with E-state index in [2.05, 4.69) is 26.8 Å². The van der Waals surface area contributed by atoms with Crippen molar-refractivity contribution in [2.75, 3.05) is 0 Å². The zero-order chi connectivity index (χ0) is 18.7. The average Bonchev–Trinajstić information content (AvgIpc) is 2.92. The van der Waals surface area contributed by atoms with Crippen LogP contribution in [0.15, 0.2) is 23.8 Å². The third-order valence-electron chi connectivity index (χ3n) is 8.56. The lowest BCUT2D eigenvalue weighted by molar-refractivity contribution is -0.111. The summed E-state index contributed by atoms with van der Waals surface area (Å²) in [5.74, 6) is 2.85. The third-order valence-corrected chi connectivity index (χ3v) is 9.68. The first-order chi connectivity index (χ1) is 12.3. The Balaban J connectivity index is 1.76. The predicted octanol–water partition coefficient (Wildman–Crippen LogP) is 5.58. The summed E-state index contributed by atoms with van der Waals surface area (Å²) in [6.45, 7) is 8.95. The van der Waals surface area contributed by atoms with E-state index in [1.807, 2.05) is 6.08 Å². The van der Waals surface area contributed by atoms with Crippen LogP contribution in [0.5, 0.6) is 0 Å². The van der Waals surface area contributed by atoms with Crippen LogP contribution in [-0.2, 0) is 9.59 Å². The van der Waals surface area contributed by atoms with Gasteiger partial charge < -0.3 is 0 Å². The molecule has 0 heterocycles. The number of thioether (sulfide) groups is 1. The summed E-state index contributed by atoms with van der Waals surface area (Å²) in [6.07, 6.45) is 13.3. The van der Waals surface area contributed by atoms with E-state index in [-0.39, 0.29) is 16.3 Å². The second-order valence-electron chi connectivity index (χ2n) is 9.56. The molecule has 142 valence electrons. The maximum absolute atomic E-state index is 12.0. The van der Waals surface area contributed by atoms with Crippen LogP contribution in [0, 0.1) is 34.5 Å². The fourth-order valence-electron chi connectivity index (χ4n) is 7.26. The maximum Gasteiger partial charge on any atom is 0.186 e. The van der Waals surface area contributed by atoms with Crippen molar-refractivity contribution >= 4 is 22.7 Å². The van der Waals surface area contributed by atoms with Crippen molar-refractivity contribution in [3.63, 3.8) is 0 Å². The number of fused-ring (bicyclic) bond motifs is 5. The van der Waals surface area contributed by atoms with Crippen LogP contribution in [-0.4, -0.2) is 16.1 Å². The quantitative estimate of drug-likeness (QED) is 0.634. The lowest BCUT2D eigenvalue weighted by atomic mass is 9.47. The van der Waals surface area contributed by atoms with Gasteiger partial charge in [0.05, 0.1) is 0 Å². The monoisotopic (exact) mass is 372 g/mol. The summed E-state index contributed by atoms with van der Waals surface area (Å²) in [5, 5.41) is 0.573. The maximum atomic E-state index is 12.0. The Hall–Kier alpha value is -0.830. The highest BCUT2D eigenvalue weighted by molar-refractivity contribution is 8.14. The van der Waals surface area contributed by atoms with Crippen LogP contribution in [0.4, 0.5) is 0 Å². The number of hydrogen-bond donors (Lipinski definition) is 0. The first-order valence-corrected chi connectivity index (χ1v) is 11.3. The van der Waals surface area contributed by atoms with Gasteiger partial charge in [0, 0.05) is 17.6 Å². The van der Waals surface area contributed by atoms with Crippen LogP contribution in [0.1, 0.15) is 66.2 Å². The second kappa shape index (κ2) is 6.36. The first kappa shape index (κ1) is 18.5. The summed E-state index contributed by atoms with van der Waals surface area (Å²) < 4.78 is 0. The normalized spacial score (nSPS) is 47.0. The molecule has 4 aliphatic rings.